The van der Waals surface area contributed by atoms with Gasteiger partial charge >= 0.3 is 0 Å². The molecule has 116 valence electrons. The predicted octanol–water partition coefficient (Wildman–Crippen LogP) is 5.55. The van der Waals surface area contributed by atoms with Crippen LogP contribution in [0.2, 0.25) is 0 Å². The fraction of sp³-hybridized carbons (Fsp3) is 1.00. The Morgan fingerprint density at radius 3 is 1.32 bits per heavy atom. The summed E-state index contributed by atoms with van der Waals surface area (Å²) in [6.07, 6.45) is 14.9. The predicted molar refractivity (Wildman–Crippen MR) is 83.4 cm³/mol. The second kappa shape index (κ2) is 14.3. The molecular formula is C17H36O2. The molecule has 0 aromatic carbocycles. The number of methoxy groups -OCH3 is 2. The summed E-state index contributed by atoms with van der Waals surface area (Å²) in [5, 5.41) is 0. The van der Waals surface area contributed by atoms with Crippen LogP contribution >= 0.6 is 0 Å². The Bertz CT molecular complexity index is 165. The van der Waals surface area contributed by atoms with Crippen LogP contribution in [-0.2, 0) is 9.47 Å². The number of unbranched alkanes of at least 4 members (excludes halogenated alkanes) is 8. The SMILES string of the molecule is COC(CCCCCCCCCCCC(C)C)OC. The average Bonchev–Trinajstić information content (AvgIpc) is 2.40. The van der Waals surface area contributed by atoms with Crippen LogP contribution in [0.5, 0.6) is 0 Å². The van der Waals surface area contributed by atoms with E-state index in [2.05, 4.69) is 13.8 Å². The minimum absolute atomic E-state index is 0.000886. The maximum atomic E-state index is 5.18. The van der Waals surface area contributed by atoms with Gasteiger partial charge in [0.2, 0.25) is 0 Å². The molecule has 0 aromatic heterocycles. The van der Waals surface area contributed by atoms with Crippen molar-refractivity contribution in [3.05, 3.63) is 0 Å². The molecule has 19 heavy (non-hydrogen) atoms. The second-order valence-electron chi connectivity index (χ2n) is 6.05. The molecule has 0 aliphatic heterocycles. The first-order valence-electron chi connectivity index (χ1n) is 8.26. The highest BCUT2D eigenvalue weighted by atomic mass is 16.7. The smallest absolute Gasteiger partial charge is 0.156 e. The second-order valence-corrected chi connectivity index (χ2v) is 6.05. The summed E-state index contributed by atoms with van der Waals surface area (Å²) in [5.41, 5.74) is 0. The van der Waals surface area contributed by atoms with E-state index in [0.29, 0.717) is 0 Å². The summed E-state index contributed by atoms with van der Waals surface area (Å²) in [5.74, 6) is 0.878. The highest BCUT2D eigenvalue weighted by Crippen LogP contribution is 2.14. The lowest BCUT2D eigenvalue weighted by molar-refractivity contribution is -0.107. The summed E-state index contributed by atoms with van der Waals surface area (Å²) in [4.78, 5) is 0. The third-order valence-electron chi connectivity index (χ3n) is 3.75. The monoisotopic (exact) mass is 272 g/mol. The van der Waals surface area contributed by atoms with Crippen LogP contribution in [0.4, 0.5) is 0 Å². The zero-order chi connectivity index (χ0) is 14.3. The fourth-order valence-electron chi connectivity index (χ4n) is 2.43. The van der Waals surface area contributed by atoms with Crippen molar-refractivity contribution in [1.82, 2.24) is 0 Å². The molecule has 2 heteroatoms. The van der Waals surface area contributed by atoms with Crippen molar-refractivity contribution in [1.29, 1.82) is 0 Å². The van der Waals surface area contributed by atoms with Crippen LogP contribution in [0.15, 0.2) is 0 Å². The fourth-order valence-corrected chi connectivity index (χ4v) is 2.43. The number of rotatable bonds is 14. The van der Waals surface area contributed by atoms with E-state index in [9.17, 15) is 0 Å². The molecule has 0 saturated heterocycles. The minimum Gasteiger partial charge on any atom is -0.356 e. The Labute approximate surface area is 121 Å². The highest BCUT2D eigenvalue weighted by Gasteiger charge is 2.03. The molecular weight excluding hydrogens is 236 g/mol. The lowest BCUT2D eigenvalue weighted by Crippen LogP contribution is -2.12. The number of hydrogen-bond donors (Lipinski definition) is 0. The minimum atomic E-state index is 0.000886. The molecule has 2 nitrogen and oxygen atoms in total. The van der Waals surface area contributed by atoms with Gasteiger partial charge in [0.05, 0.1) is 0 Å². The molecule has 0 aliphatic carbocycles. The molecule has 0 radical (unpaired) electrons. The number of ether oxygens (including phenoxy) is 2. The van der Waals surface area contributed by atoms with Crippen LogP contribution in [0.3, 0.4) is 0 Å². The van der Waals surface area contributed by atoms with Gasteiger partial charge in [0.15, 0.2) is 6.29 Å². The van der Waals surface area contributed by atoms with Crippen LogP contribution < -0.4 is 0 Å². The first-order valence-corrected chi connectivity index (χ1v) is 8.26. The molecule has 0 spiro atoms. The summed E-state index contributed by atoms with van der Waals surface area (Å²) in [6, 6.07) is 0. The highest BCUT2D eigenvalue weighted by molar-refractivity contribution is 4.51. The first kappa shape index (κ1) is 18.9. The molecule has 0 fully saturated rings. The zero-order valence-corrected chi connectivity index (χ0v) is 13.7. The van der Waals surface area contributed by atoms with Gasteiger partial charge < -0.3 is 9.47 Å². The van der Waals surface area contributed by atoms with E-state index in [1.54, 1.807) is 14.2 Å². The Balaban J connectivity index is 3.06. The van der Waals surface area contributed by atoms with Crippen LogP contribution in [-0.4, -0.2) is 20.5 Å². The van der Waals surface area contributed by atoms with Crippen molar-refractivity contribution in [2.24, 2.45) is 5.92 Å². The molecule has 0 heterocycles. The molecule has 0 unspecified atom stereocenters. The van der Waals surface area contributed by atoms with Gasteiger partial charge in [-0.05, 0) is 18.8 Å². The van der Waals surface area contributed by atoms with Gasteiger partial charge in [0, 0.05) is 14.2 Å². The molecule has 0 rings (SSSR count). The zero-order valence-electron chi connectivity index (χ0n) is 13.7. The van der Waals surface area contributed by atoms with Crippen LogP contribution in [0, 0.1) is 5.92 Å². The molecule has 0 aliphatic rings. The molecule has 0 atom stereocenters. The Kier molecular flexibility index (Phi) is 14.3. The van der Waals surface area contributed by atoms with E-state index in [1.165, 1.54) is 64.2 Å². The third-order valence-corrected chi connectivity index (χ3v) is 3.75. The van der Waals surface area contributed by atoms with Crippen molar-refractivity contribution < 1.29 is 9.47 Å². The first-order chi connectivity index (χ1) is 9.20. The Morgan fingerprint density at radius 1 is 0.579 bits per heavy atom. The topological polar surface area (TPSA) is 18.5 Å². The molecule has 0 aromatic rings. The lowest BCUT2D eigenvalue weighted by Gasteiger charge is -2.12. The third kappa shape index (κ3) is 14.1. The van der Waals surface area contributed by atoms with Gasteiger partial charge in [-0.15, -0.1) is 0 Å². The molecule has 0 saturated carbocycles. The van der Waals surface area contributed by atoms with E-state index >= 15 is 0 Å². The maximum Gasteiger partial charge on any atom is 0.156 e. The maximum absolute atomic E-state index is 5.18. The van der Waals surface area contributed by atoms with E-state index in [4.69, 9.17) is 9.47 Å². The van der Waals surface area contributed by atoms with Gasteiger partial charge in [0.25, 0.3) is 0 Å². The Morgan fingerprint density at radius 2 is 0.947 bits per heavy atom. The summed E-state index contributed by atoms with van der Waals surface area (Å²) in [7, 11) is 3.43. The van der Waals surface area contributed by atoms with Gasteiger partial charge in [-0.1, -0.05) is 71.6 Å². The van der Waals surface area contributed by atoms with Gasteiger partial charge in [-0.2, -0.15) is 0 Å². The van der Waals surface area contributed by atoms with Crippen molar-refractivity contribution in [2.75, 3.05) is 14.2 Å². The van der Waals surface area contributed by atoms with Gasteiger partial charge in [0.1, 0.15) is 0 Å². The van der Waals surface area contributed by atoms with E-state index in [1.807, 2.05) is 0 Å². The number of hydrogen-bond acceptors (Lipinski definition) is 2. The van der Waals surface area contributed by atoms with Crippen molar-refractivity contribution in [2.45, 2.75) is 90.8 Å². The normalized spacial score (nSPS) is 11.7. The lowest BCUT2D eigenvalue weighted by atomic mass is 10.0. The van der Waals surface area contributed by atoms with E-state index in [0.717, 1.165) is 12.3 Å². The summed E-state index contributed by atoms with van der Waals surface area (Å²) >= 11 is 0. The summed E-state index contributed by atoms with van der Waals surface area (Å²) in [6.45, 7) is 4.63. The van der Waals surface area contributed by atoms with E-state index in [-0.39, 0.29) is 6.29 Å². The average molecular weight is 272 g/mol. The van der Waals surface area contributed by atoms with Crippen LogP contribution in [0.1, 0.15) is 84.5 Å². The van der Waals surface area contributed by atoms with Crippen molar-refractivity contribution >= 4 is 0 Å². The van der Waals surface area contributed by atoms with Gasteiger partial charge in [-0.25, -0.2) is 0 Å². The van der Waals surface area contributed by atoms with Crippen LogP contribution in [0.25, 0.3) is 0 Å². The largest absolute Gasteiger partial charge is 0.356 e. The quantitative estimate of drug-likeness (QED) is 0.305. The molecule has 0 bridgehead atoms. The Hall–Kier alpha value is -0.0800. The van der Waals surface area contributed by atoms with Gasteiger partial charge in [-0.3, -0.25) is 0 Å². The molecule has 0 N–H and O–H groups in total. The summed E-state index contributed by atoms with van der Waals surface area (Å²) < 4.78 is 10.4. The molecule has 0 amide bonds. The van der Waals surface area contributed by atoms with Crippen molar-refractivity contribution in [3.8, 4) is 0 Å². The van der Waals surface area contributed by atoms with Crippen molar-refractivity contribution in [3.63, 3.8) is 0 Å². The standard InChI is InChI=1S/C17H36O2/c1-16(2)14-12-10-8-6-5-7-9-11-13-15-17(18-3)19-4/h16-17H,5-15H2,1-4H3. The van der Waals surface area contributed by atoms with E-state index < -0.39 is 0 Å².